The zero-order valence-electron chi connectivity index (χ0n) is 22.9. The number of amides is 4. The Bertz CT molecular complexity index is 1010. The van der Waals surface area contributed by atoms with E-state index in [2.05, 4.69) is 17.2 Å². The minimum Gasteiger partial charge on any atom is -0.507 e. The average Bonchev–Trinajstić information content (AvgIpc) is 2.83. The van der Waals surface area contributed by atoms with Gasteiger partial charge in [0.2, 0.25) is 17.7 Å². The lowest BCUT2D eigenvalue weighted by molar-refractivity contribution is -0.142. The molecule has 2 unspecified atom stereocenters. The number of carbonyl (C=O) groups is 4. The molecule has 0 spiro atoms. The van der Waals surface area contributed by atoms with E-state index in [4.69, 9.17) is 10.5 Å². The molecule has 210 valence electrons. The van der Waals surface area contributed by atoms with Gasteiger partial charge in [-0.05, 0) is 52.5 Å². The number of nitrogens with one attached hydrogen (secondary N) is 2. The van der Waals surface area contributed by atoms with E-state index in [9.17, 15) is 24.3 Å². The molecule has 2 atom stereocenters. The van der Waals surface area contributed by atoms with Gasteiger partial charge in [-0.2, -0.15) is 0 Å². The van der Waals surface area contributed by atoms with Crippen LogP contribution in [-0.4, -0.2) is 58.1 Å². The van der Waals surface area contributed by atoms with Crippen LogP contribution in [0.4, 0.5) is 4.79 Å². The number of para-hydroxylation sites is 1. The van der Waals surface area contributed by atoms with Crippen molar-refractivity contribution in [1.82, 2.24) is 15.5 Å². The number of nitrogens with zero attached hydrogens (tertiary/aromatic N) is 1. The summed E-state index contributed by atoms with van der Waals surface area (Å²) in [7, 11) is 0. The summed E-state index contributed by atoms with van der Waals surface area (Å²) < 4.78 is 5.32. The van der Waals surface area contributed by atoms with Crippen LogP contribution in [0.25, 0.3) is 0 Å². The molecule has 1 aromatic carbocycles. The first kappa shape index (κ1) is 30.7. The SMILES string of the molecule is C=CCN(C(=O)C(CCC(N)=O)NC(=O)OC(C)(C)C)C(C(=O)NC1CCCCC1)c1cccc(C)c1O. The van der Waals surface area contributed by atoms with Gasteiger partial charge in [0.1, 0.15) is 23.4 Å². The van der Waals surface area contributed by atoms with E-state index in [1.54, 1.807) is 45.9 Å². The van der Waals surface area contributed by atoms with Gasteiger partial charge in [-0.25, -0.2) is 4.79 Å². The largest absolute Gasteiger partial charge is 0.507 e. The zero-order valence-corrected chi connectivity index (χ0v) is 22.9. The van der Waals surface area contributed by atoms with E-state index in [1.165, 1.54) is 11.0 Å². The Labute approximate surface area is 225 Å². The Balaban J connectivity index is 2.49. The van der Waals surface area contributed by atoms with Crippen LogP contribution in [0.5, 0.6) is 5.75 Å². The summed E-state index contributed by atoms with van der Waals surface area (Å²) >= 11 is 0. The summed E-state index contributed by atoms with van der Waals surface area (Å²) in [5, 5.41) is 16.5. The third-order valence-electron chi connectivity index (χ3n) is 6.35. The monoisotopic (exact) mass is 530 g/mol. The predicted octanol–water partition coefficient (Wildman–Crippen LogP) is 3.36. The van der Waals surface area contributed by atoms with Crippen molar-refractivity contribution in [3.8, 4) is 5.75 Å². The number of phenols is 1. The summed E-state index contributed by atoms with van der Waals surface area (Å²) in [6.07, 6.45) is 5.09. The van der Waals surface area contributed by atoms with Crippen molar-refractivity contribution in [2.75, 3.05) is 6.54 Å². The van der Waals surface area contributed by atoms with Crippen molar-refractivity contribution in [2.45, 2.75) is 96.4 Å². The smallest absolute Gasteiger partial charge is 0.408 e. The van der Waals surface area contributed by atoms with Crippen LogP contribution in [0.3, 0.4) is 0 Å². The molecule has 38 heavy (non-hydrogen) atoms. The average molecular weight is 531 g/mol. The van der Waals surface area contributed by atoms with Crippen molar-refractivity contribution < 1.29 is 29.0 Å². The molecule has 0 bridgehead atoms. The Kier molecular flexibility index (Phi) is 11.2. The molecule has 1 aromatic rings. The van der Waals surface area contributed by atoms with Crippen LogP contribution in [0.2, 0.25) is 0 Å². The van der Waals surface area contributed by atoms with Crippen LogP contribution in [0, 0.1) is 6.92 Å². The molecule has 0 heterocycles. The fraction of sp³-hybridized carbons (Fsp3) is 0.571. The molecule has 10 heteroatoms. The molecule has 5 N–H and O–H groups in total. The number of ether oxygens (including phenoxy) is 1. The number of carbonyl (C=O) groups excluding carboxylic acids is 4. The molecule has 1 saturated carbocycles. The molecule has 0 aliphatic heterocycles. The van der Waals surface area contributed by atoms with Gasteiger partial charge in [-0.1, -0.05) is 43.5 Å². The zero-order chi connectivity index (χ0) is 28.5. The van der Waals surface area contributed by atoms with Gasteiger partial charge in [0.15, 0.2) is 0 Å². The molecular weight excluding hydrogens is 488 g/mol. The topological polar surface area (TPSA) is 151 Å². The highest BCUT2D eigenvalue weighted by Gasteiger charge is 2.38. The van der Waals surface area contributed by atoms with E-state index >= 15 is 0 Å². The number of hydrogen-bond acceptors (Lipinski definition) is 6. The minimum absolute atomic E-state index is 0.0445. The number of aromatic hydroxyl groups is 1. The molecule has 1 aliphatic carbocycles. The number of benzene rings is 1. The molecule has 0 aromatic heterocycles. The molecule has 4 amide bonds. The van der Waals surface area contributed by atoms with Crippen molar-refractivity contribution in [3.63, 3.8) is 0 Å². The van der Waals surface area contributed by atoms with E-state index < -0.39 is 41.5 Å². The van der Waals surface area contributed by atoms with E-state index in [1.807, 2.05) is 0 Å². The number of alkyl carbamates (subject to hydrolysis) is 1. The van der Waals surface area contributed by atoms with Gasteiger partial charge < -0.3 is 31.1 Å². The Morgan fingerprint density at radius 1 is 1.21 bits per heavy atom. The second kappa shape index (κ2) is 13.8. The van der Waals surface area contributed by atoms with Gasteiger partial charge in [0, 0.05) is 24.6 Å². The van der Waals surface area contributed by atoms with Gasteiger partial charge in [-0.15, -0.1) is 6.58 Å². The Morgan fingerprint density at radius 3 is 2.45 bits per heavy atom. The number of hydrogen-bond donors (Lipinski definition) is 4. The Hall–Kier alpha value is -3.56. The van der Waals surface area contributed by atoms with E-state index in [0.717, 1.165) is 32.1 Å². The first-order valence-electron chi connectivity index (χ1n) is 13.1. The molecular formula is C28H42N4O6. The number of rotatable bonds is 11. The molecule has 1 fully saturated rings. The van der Waals surface area contributed by atoms with Gasteiger partial charge in [-0.3, -0.25) is 14.4 Å². The number of primary amides is 1. The van der Waals surface area contributed by atoms with Crippen LogP contribution >= 0.6 is 0 Å². The van der Waals surface area contributed by atoms with Crippen molar-refractivity contribution >= 4 is 23.8 Å². The van der Waals surface area contributed by atoms with Crippen molar-refractivity contribution in [1.29, 1.82) is 0 Å². The highest BCUT2D eigenvalue weighted by Crippen LogP contribution is 2.33. The van der Waals surface area contributed by atoms with Crippen LogP contribution in [0.15, 0.2) is 30.9 Å². The summed E-state index contributed by atoms with van der Waals surface area (Å²) in [6.45, 7) is 10.4. The standard InChI is InChI=1S/C28H42N4O6/c1-6-17-32(26(36)21(15-16-22(29)33)31-27(37)38-28(3,4)5)23(20-14-10-11-18(2)24(20)34)25(35)30-19-12-8-7-9-13-19/h6,10-11,14,19,21,23,34H,1,7-9,12-13,15-17H2,2-5H3,(H2,29,33)(H,30,35)(H,31,37). The highest BCUT2D eigenvalue weighted by atomic mass is 16.6. The quantitative estimate of drug-likeness (QED) is 0.322. The molecule has 0 radical (unpaired) electrons. The lowest BCUT2D eigenvalue weighted by atomic mass is 9.94. The fourth-order valence-electron chi connectivity index (χ4n) is 4.54. The van der Waals surface area contributed by atoms with Gasteiger partial charge in [0.05, 0.1) is 0 Å². The maximum Gasteiger partial charge on any atom is 0.408 e. The van der Waals surface area contributed by atoms with Crippen LogP contribution in [0.1, 0.15) is 82.9 Å². The summed E-state index contributed by atoms with van der Waals surface area (Å²) in [6, 6.07) is 2.53. The van der Waals surface area contributed by atoms with Crippen LogP contribution in [-0.2, 0) is 19.1 Å². The predicted molar refractivity (Wildman–Crippen MR) is 144 cm³/mol. The first-order valence-corrected chi connectivity index (χ1v) is 13.1. The maximum atomic E-state index is 13.9. The molecule has 0 saturated heterocycles. The molecule has 1 aliphatic rings. The summed E-state index contributed by atoms with van der Waals surface area (Å²) in [5.74, 6) is -1.83. The third-order valence-corrected chi connectivity index (χ3v) is 6.35. The van der Waals surface area contributed by atoms with E-state index in [0.29, 0.717) is 5.56 Å². The highest BCUT2D eigenvalue weighted by molar-refractivity contribution is 5.93. The van der Waals surface area contributed by atoms with Crippen molar-refractivity contribution in [2.24, 2.45) is 5.73 Å². The summed E-state index contributed by atoms with van der Waals surface area (Å²) in [5.41, 5.74) is 5.30. The first-order chi connectivity index (χ1) is 17.8. The second-order valence-corrected chi connectivity index (χ2v) is 10.7. The second-order valence-electron chi connectivity index (χ2n) is 10.7. The fourth-order valence-corrected chi connectivity index (χ4v) is 4.54. The molecule has 2 rings (SSSR count). The van der Waals surface area contributed by atoms with Crippen molar-refractivity contribution in [3.05, 3.63) is 42.0 Å². The number of nitrogens with two attached hydrogens (primary N) is 1. The normalized spacial score (nSPS) is 15.6. The minimum atomic E-state index is -1.21. The van der Waals surface area contributed by atoms with E-state index in [-0.39, 0.29) is 36.7 Å². The number of aryl methyl sites for hydroxylation is 1. The Morgan fingerprint density at radius 2 is 1.87 bits per heavy atom. The maximum absolute atomic E-state index is 13.9. The lowest BCUT2D eigenvalue weighted by Gasteiger charge is -2.35. The van der Waals surface area contributed by atoms with Gasteiger partial charge >= 0.3 is 6.09 Å². The van der Waals surface area contributed by atoms with Gasteiger partial charge in [0.25, 0.3) is 0 Å². The lowest BCUT2D eigenvalue weighted by Crippen LogP contribution is -2.54. The third kappa shape index (κ3) is 9.08. The van der Waals surface area contributed by atoms with Crippen LogP contribution < -0.4 is 16.4 Å². The summed E-state index contributed by atoms with van der Waals surface area (Å²) in [4.78, 5) is 53.1. The number of phenolic OH excluding ortho intramolecular Hbond substituents is 1. The molecule has 10 nitrogen and oxygen atoms in total.